The van der Waals surface area contributed by atoms with Crippen LogP contribution in [0.25, 0.3) is 0 Å². The summed E-state index contributed by atoms with van der Waals surface area (Å²) in [6.45, 7) is 7.65. The van der Waals surface area contributed by atoms with E-state index in [1.165, 1.54) is 0 Å². The van der Waals surface area contributed by atoms with Gasteiger partial charge >= 0.3 is 0 Å². The normalized spacial score (nSPS) is 14.9. The molecular formula is C38H40N2O2. The molecule has 0 radical (unpaired) electrons. The molecule has 0 amide bonds. The molecule has 0 aromatic heterocycles. The lowest BCUT2D eigenvalue weighted by atomic mass is 9.91. The van der Waals surface area contributed by atoms with Gasteiger partial charge in [-0.05, 0) is 88.1 Å². The van der Waals surface area contributed by atoms with Crippen molar-refractivity contribution >= 4 is 22.7 Å². The Labute approximate surface area is 251 Å². The quantitative estimate of drug-likeness (QED) is 0.196. The number of nitrogens with zero attached hydrogens (tertiary/aromatic N) is 2. The minimum Gasteiger partial charge on any atom is -0.387 e. The third-order valence-corrected chi connectivity index (χ3v) is 7.84. The molecule has 0 saturated heterocycles. The van der Waals surface area contributed by atoms with Crippen LogP contribution in [0.3, 0.4) is 0 Å². The van der Waals surface area contributed by atoms with E-state index in [2.05, 4.69) is 33.5 Å². The molecule has 0 aliphatic rings. The molecule has 4 heteroatoms. The van der Waals surface area contributed by atoms with E-state index in [4.69, 9.17) is 0 Å². The second-order valence-corrected chi connectivity index (χ2v) is 11.1. The van der Waals surface area contributed by atoms with Crippen LogP contribution in [0.5, 0.6) is 0 Å². The molecule has 0 saturated carbocycles. The van der Waals surface area contributed by atoms with Gasteiger partial charge in [0.15, 0.2) is 0 Å². The molecule has 4 rings (SSSR count). The molecule has 4 aromatic carbocycles. The molecule has 0 bridgehead atoms. The zero-order valence-electron chi connectivity index (χ0n) is 24.9. The van der Waals surface area contributed by atoms with E-state index in [9.17, 15) is 10.2 Å². The average Bonchev–Trinajstić information content (AvgIpc) is 3.01. The highest BCUT2D eigenvalue weighted by molar-refractivity contribution is 5.65. The smallest absolute Gasteiger partial charge is 0.0932 e. The minimum atomic E-state index is -1.10. The van der Waals surface area contributed by atoms with Crippen LogP contribution >= 0.6 is 0 Å². The zero-order chi connectivity index (χ0) is 30.0. The summed E-state index contributed by atoms with van der Waals surface area (Å²) in [6.07, 6.45) is 0.503. The van der Waals surface area contributed by atoms with Crippen molar-refractivity contribution in [1.82, 2.24) is 0 Å². The highest BCUT2D eigenvalue weighted by Crippen LogP contribution is 2.34. The summed E-state index contributed by atoms with van der Waals surface area (Å²) in [5, 5.41) is 22.9. The second kappa shape index (κ2) is 13.9. The summed E-state index contributed by atoms with van der Waals surface area (Å²) in [6, 6.07) is 39.7. The first kappa shape index (κ1) is 30.5. The van der Waals surface area contributed by atoms with Crippen molar-refractivity contribution in [3.63, 3.8) is 0 Å². The second-order valence-electron chi connectivity index (χ2n) is 11.1. The highest BCUT2D eigenvalue weighted by atomic mass is 16.3. The summed E-state index contributed by atoms with van der Waals surface area (Å²) in [7, 11) is 0. The molecular weight excluding hydrogens is 516 g/mol. The maximum atomic E-state index is 11.5. The predicted octanol–water partition coefficient (Wildman–Crippen LogP) is 7.73. The van der Waals surface area contributed by atoms with Crippen LogP contribution in [0.4, 0.5) is 22.7 Å². The maximum Gasteiger partial charge on any atom is 0.0932 e. The van der Waals surface area contributed by atoms with Crippen molar-refractivity contribution in [2.45, 2.75) is 63.8 Å². The number of hydrogen-bond acceptors (Lipinski definition) is 4. The Morgan fingerprint density at radius 3 is 0.976 bits per heavy atom. The Morgan fingerprint density at radius 2 is 0.738 bits per heavy atom. The number of rotatable bonds is 10. The molecule has 214 valence electrons. The van der Waals surface area contributed by atoms with Crippen molar-refractivity contribution in [3.05, 3.63) is 121 Å². The first-order valence-electron chi connectivity index (χ1n) is 14.4. The van der Waals surface area contributed by atoms with E-state index >= 15 is 0 Å². The van der Waals surface area contributed by atoms with Crippen molar-refractivity contribution in [1.29, 1.82) is 0 Å². The van der Waals surface area contributed by atoms with E-state index in [-0.39, 0.29) is 24.9 Å². The Hall–Kier alpha value is -4.48. The van der Waals surface area contributed by atoms with Gasteiger partial charge in [-0.25, -0.2) is 0 Å². The van der Waals surface area contributed by atoms with E-state index in [1.807, 2.05) is 149 Å². The first-order chi connectivity index (χ1) is 20.2. The minimum absolute atomic E-state index is 0.252. The van der Waals surface area contributed by atoms with Crippen molar-refractivity contribution < 1.29 is 10.2 Å². The van der Waals surface area contributed by atoms with Crippen LogP contribution in [-0.4, -0.2) is 33.5 Å². The molecule has 4 atom stereocenters. The van der Waals surface area contributed by atoms with Crippen LogP contribution in [0.15, 0.2) is 121 Å². The summed E-state index contributed by atoms with van der Waals surface area (Å²) in [5.74, 6) is 11.9. The van der Waals surface area contributed by atoms with E-state index in [0.717, 1.165) is 22.7 Å². The van der Waals surface area contributed by atoms with Crippen LogP contribution in [-0.2, 0) is 0 Å². The average molecular weight is 557 g/mol. The molecule has 0 heterocycles. The lowest BCUT2D eigenvalue weighted by Crippen LogP contribution is -2.47. The van der Waals surface area contributed by atoms with Crippen molar-refractivity contribution in [3.8, 4) is 23.7 Å². The largest absolute Gasteiger partial charge is 0.387 e. The fraction of sp³-hybridized carbons (Fsp3) is 0.263. The predicted molar refractivity (Wildman–Crippen MR) is 175 cm³/mol. The van der Waals surface area contributed by atoms with E-state index in [0.29, 0.717) is 0 Å². The van der Waals surface area contributed by atoms with Crippen LogP contribution in [0, 0.1) is 23.7 Å². The summed E-state index contributed by atoms with van der Waals surface area (Å²) >= 11 is 0. The highest BCUT2D eigenvalue weighted by Gasteiger charge is 2.34. The standard InChI is InChI=1S/C38H40N2O2/c1-31(39(33-21-11-7-12-22-33)34-23-13-8-14-24-34)37(3,41)29-19-5-6-20-30-38(4,42)32(2)40(35-25-15-9-16-26-35)36-27-17-10-18-28-36/h7-18,21-28,31-32,41-42H,29-30H2,1-4H3/t31-,32-,37+,38+/m0/s1. The maximum absolute atomic E-state index is 11.5. The van der Waals surface area contributed by atoms with Crippen molar-refractivity contribution in [2.24, 2.45) is 0 Å². The lowest BCUT2D eigenvalue weighted by Gasteiger charge is -2.39. The number of para-hydroxylation sites is 4. The van der Waals surface area contributed by atoms with Gasteiger partial charge in [-0.1, -0.05) is 84.6 Å². The number of anilines is 4. The number of hydrogen-bond donors (Lipinski definition) is 2. The fourth-order valence-electron chi connectivity index (χ4n) is 4.93. The van der Waals surface area contributed by atoms with Gasteiger partial charge in [-0.15, -0.1) is 0 Å². The van der Waals surface area contributed by atoms with Gasteiger partial charge in [0, 0.05) is 35.6 Å². The number of benzene rings is 4. The lowest BCUT2D eigenvalue weighted by molar-refractivity contribution is 0.0433. The third-order valence-electron chi connectivity index (χ3n) is 7.84. The summed E-state index contributed by atoms with van der Waals surface area (Å²) in [5.41, 5.74) is 1.79. The molecule has 4 nitrogen and oxygen atoms in total. The van der Waals surface area contributed by atoms with E-state index in [1.54, 1.807) is 0 Å². The van der Waals surface area contributed by atoms with Gasteiger partial charge in [0.05, 0.1) is 23.3 Å². The molecule has 42 heavy (non-hydrogen) atoms. The summed E-state index contributed by atoms with van der Waals surface area (Å²) in [4.78, 5) is 4.27. The van der Waals surface area contributed by atoms with Crippen molar-refractivity contribution in [2.75, 3.05) is 9.80 Å². The molecule has 2 N–H and O–H groups in total. The zero-order valence-corrected chi connectivity index (χ0v) is 24.9. The molecule has 4 aromatic rings. The van der Waals surface area contributed by atoms with Crippen LogP contribution in [0.2, 0.25) is 0 Å². The van der Waals surface area contributed by atoms with Gasteiger partial charge in [0.2, 0.25) is 0 Å². The Balaban J connectivity index is 1.45. The summed E-state index contributed by atoms with van der Waals surface area (Å²) < 4.78 is 0. The van der Waals surface area contributed by atoms with Gasteiger partial charge in [0.1, 0.15) is 0 Å². The van der Waals surface area contributed by atoms with Crippen LogP contribution in [0.1, 0.15) is 40.5 Å². The molecule has 0 fully saturated rings. The molecule has 0 aliphatic carbocycles. The van der Waals surface area contributed by atoms with E-state index < -0.39 is 11.2 Å². The topological polar surface area (TPSA) is 46.9 Å². The van der Waals surface area contributed by atoms with Gasteiger partial charge in [-0.2, -0.15) is 0 Å². The molecule has 0 aliphatic heterocycles. The van der Waals surface area contributed by atoms with Gasteiger partial charge < -0.3 is 20.0 Å². The molecule has 0 unspecified atom stereocenters. The number of aliphatic hydroxyl groups is 2. The van der Waals surface area contributed by atoms with Gasteiger partial charge in [-0.3, -0.25) is 0 Å². The Kier molecular flexibility index (Phi) is 10.1. The monoisotopic (exact) mass is 556 g/mol. The Morgan fingerprint density at radius 1 is 0.500 bits per heavy atom. The fourth-order valence-corrected chi connectivity index (χ4v) is 4.93. The Bertz CT molecular complexity index is 1320. The SMILES string of the molecule is C[C@H](N(c1ccccc1)c1ccccc1)[C@](C)(O)CC#CC#CC[C@@](C)(O)[C@H](C)N(c1ccccc1)c1ccccc1. The first-order valence-corrected chi connectivity index (χ1v) is 14.4. The van der Waals surface area contributed by atoms with Crippen LogP contribution < -0.4 is 9.80 Å². The molecule has 0 spiro atoms. The third kappa shape index (κ3) is 7.62. The van der Waals surface area contributed by atoms with Gasteiger partial charge in [0.25, 0.3) is 0 Å².